The number of hydrogen-bond acceptors (Lipinski definition) is 3. The Kier molecular flexibility index (Phi) is 5.31. The second kappa shape index (κ2) is 7.41. The number of carbonyl (C=O) groups is 1. The van der Waals surface area contributed by atoms with Crippen LogP contribution in [0.15, 0.2) is 55.4 Å². The number of ether oxygens (including phenoxy) is 1. The van der Waals surface area contributed by atoms with Crippen molar-refractivity contribution in [1.29, 1.82) is 0 Å². The average Bonchev–Trinajstić information content (AvgIpc) is 3.02. The summed E-state index contributed by atoms with van der Waals surface area (Å²) in [6.45, 7) is 8.12. The third-order valence-electron chi connectivity index (χ3n) is 3.09. The molecule has 0 saturated carbocycles. The van der Waals surface area contributed by atoms with Crippen LogP contribution in [0, 0.1) is 0 Å². The van der Waals surface area contributed by atoms with Crippen LogP contribution in [-0.4, -0.2) is 22.2 Å². The van der Waals surface area contributed by atoms with E-state index in [9.17, 15) is 4.79 Å². The molecule has 0 aliphatic rings. The van der Waals surface area contributed by atoms with Crippen LogP contribution < -0.4 is 4.74 Å². The Morgan fingerprint density at radius 1 is 1.36 bits per heavy atom. The molecule has 4 heteroatoms. The maximum Gasteiger partial charge on any atom is 0.189 e. The molecular weight excluding hydrogens is 276 g/mol. The second-order valence-electron chi connectivity index (χ2n) is 5.17. The maximum absolute atomic E-state index is 12.1. The number of carbonyl (C=O) groups excluding carboxylic acids is 1. The summed E-state index contributed by atoms with van der Waals surface area (Å²) < 4.78 is 7.18. The summed E-state index contributed by atoms with van der Waals surface area (Å²) in [7, 11) is 0. The van der Waals surface area contributed by atoms with Gasteiger partial charge in [0.1, 0.15) is 12.4 Å². The van der Waals surface area contributed by atoms with E-state index in [0.717, 1.165) is 11.3 Å². The van der Waals surface area contributed by atoms with Crippen LogP contribution in [0.4, 0.5) is 0 Å². The highest BCUT2D eigenvalue weighted by Crippen LogP contribution is 2.14. The lowest BCUT2D eigenvalue weighted by Crippen LogP contribution is -2.00. The van der Waals surface area contributed by atoms with Crippen LogP contribution in [-0.2, 0) is 0 Å². The summed E-state index contributed by atoms with van der Waals surface area (Å²) in [6.07, 6.45) is 8.40. The standard InChI is InChI=1S/C18H20N2O2/c1-4-11-22-17-8-5-15(6-9-17)7-10-18(21)16-12-19-20(13-16)14(2)3/h4-10,12-14H,1,11H2,2-3H3. The van der Waals surface area contributed by atoms with E-state index in [1.54, 1.807) is 35.3 Å². The van der Waals surface area contributed by atoms with Crippen molar-refractivity contribution in [1.82, 2.24) is 9.78 Å². The van der Waals surface area contributed by atoms with E-state index in [1.165, 1.54) is 0 Å². The first-order valence-electron chi connectivity index (χ1n) is 7.20. The largest absolute Gasteiger partial charge is 0.490 e. The molecule has 0 spiro atoms. The van der Waals surface area contributed by atoms with Gasteiger partial charge in [0.2, 0.25) is 0 Å². The van der Waals surface area contributed by atoms with Gasteiger partial charge in [0.15, 0.2) is 5.78 Å². The molecule has 0 radical (unpaired) electrons. The molecular formula is C18H20N2O2. The smallest absolute Gasteiger partial charge is 0.189 e. The van der Waals surface area contributed by atoms with Crippen LogP contribution in [0.25, 0.3) is 6.08 Å². The number of hydrogen-bond donors (Lipinski definition) is 0. The highest BCUT2D eigenvalue weighted by Gasteiger charge is 2.06. The van der Waals surface area contributed by atoms with Gasteiger partial charge in [-0.05, 0) is 37.6 Å². The first-order valence-corrected chi connectivity index (χ1v) is 7.20. The summed E-state index contributed by atoms with van der Waals surface area (Å²) in [5.74, 6) is 0.723. The van der Waals surface area contributed by atoms with Gasteiger partial charge in [-0.15, -0.1) is 0 Å². The Hall–Kier alpha value is -2.62. The van der Waals surface area contributed by atoms with E-state index >= 15 is 0 Å². The highest BCUT2D eigenvalue weighted by molar-refractivity contribution is 6.06. The van der Waals surface area contributed by atoms with E-state index < -0.39 is 0 Å². The van der Waals surface area contributed by atoms with E-state index in [1.807, 2.05) is 38.1 Å². The molecule has 114 valence electrons. The molecule has 0 bridgehead atoms. The molecule has 4 nitrogen and oxygen atoms in total. The molecule has 0 saturated heterocycles. The summed E-state index contributed by atoms with van der Waals surface area (Å²) in [5.41, 5.74) is 1.53. The summed E-state index contributed by atoms with van der Waals surface area (Å²) in [5, 5.41) is 4.17. The van der Waals surface area contributed by atoms with Gasteiger partial charge in [0, 0.05) is 12.2 Å². The van der Waals surface area contributed by atoms with E-state index in [2.05, 4.69) is 11.7 Å². The molecule has 0 unspecified atom stereocenters. The zero-order valence-electron chi connectivity index (χ0n) is 12.9. The molecule has 0 aliphatic heterocycles. The molecule has 0 fully saturated rings. The molecule has 1 heterocycles. The lowest BCUT2D eigenvalue weighted by Gasteiger charge is -2.03. The van der Waals surface area contributed by atoms with Crippen molar-refractivity contribution in [2.75, 3.05) is 6.61 Å². The third kappa shape index (κ3) is 4.19. The number of rotatable bonds is 7. The third-order valence-corrected chi connectivity index (χ3v) is 3.09. The number of ketones is 1. The fraction of sp³-hybridized carbons (Fsp3) is 0.222. The molecule has 0 atom stereocenters. The van der Waals surface area contributed by atoms with Crippen molar-refractivity contribution in [3.05, 3.63) is 66.5 Å². The Morgan fingerprint density at radius 3 is 2.68 bits per heavy atom. The van der Waals surface area contributed by atoms with Crippen molar-refractivity contribution in [3.8, 4) is 5.75 Å². The van der Waals surface area contributed by atoms with Crippen LogP contribution in [0.3, 0.4) is 0 Å². The lowest BCUT2D eigenvalue weighted by atomic mass is 10.1. The van der Waals surface area contributed by atoms with Crippen molar-refractivity contribution in [2.45, 2.75) is 19.9 Å². The topological polar surface area (TPSA) is 44.1 Å². The molecule has 2 aromatic rings. The lowest BCUT2D eigenvalue weighted by molar-refractivity contribution is 0.104. The van der Waals surface area contributed by atoms with Crippen molar-refractivity contribution >= 4 is 11.9 Å². The SMILES string of the molecule is C=CCOc1ccc(C=CC(=O)c2cnn(C(C)C)c2)cc1. The number of nitrogens with zero attached hydrogens (tertiary/aromatic N) is 2. The van der Waals surface area contributed by atoms with Gasteiger partial charge >= 0.3 is 0 Å². The van der Waals surface area contributed by atoms with Gasteiger partial charge in [0.25, 0.3) is 0 Å². The Balaban J connectivity index is 2.00. The van der Waals surface area contributed by atoms with Gasteiger partial charge in [0.05, 0.1) is 11.8 Å². The quantitative estimate of drug-likeness (QED) is 0.442. The van der Waals surface area contributed by atoms with E-state index in [-0.39, 0.29) is 11.8 Å². The van der Waals surface area contributed by atoms with Crippen molar-refractivity contribution in [2.24, 2.45) is 0 Å². The van der Waals surface area contributed by atoms with Crippen LogP contribution in [0.5, 0.6) is 5.75 Å². The van der Waals surface area contributed by atoms with Crippen molar-refractivity contribution < 1.29 is 9.53 Å². The molecule has 1 aromatic carbocycles. The molecule has 22 heavy (non-hydrogen) atoms. The van der Waals surface area contributed by atoms with E-state index in [0.29, 0.717) is 12.2 Å². The molecule has 0 aliphatic carbocycles. The zero-order valence-corrected chi connectivity index (χ0v) is 12.9. The number of benzene rings is 1. The monoisotopic (exact) mass is 296 g/mol. The fourth-order valence-electron chi connectivity index (χ4n) is 1.85. The van der Waals surface area contributed by atoms with E-state index in [4.69, 9.17) is 4.74 Å². The Bertz CT molecular complexity index is 667. The maximum atomic E-state index is 12.1. The zero-order chi connectivity index (χ0) is 15.9. The van der Waals surface area contributed by atoms with Gasteiger partial charge in [-0.2, -0.15) is 5.10 Å². The Labute approximate surface area is 130 Å². The van der Waals surface area contributed by atoms with Gasteiger partial charge in [-0.25, -0.2) is 0 Å². The van der Waals surface area contributed by atoms with Crippen LogP contribution in [0.1, 0.15) is 35.8 Å². The molecule has 0 N–H and O–H groups in total. The second-order valence-corrected chi connectivity index (χ2v) is 5.17. The van der Waals surface area contributed by atoms with Crippen molar-refractivity contribution in [3.63, 3.8) is 0 Å². The first kappa shape index (κ1) is 15.8. The summed E-state index contributed by atoms with van der Waals surface area (Å²) in [4.78, 5) is 12.1. The van der Waals surface area contributed by atoms with Crippen LogP contribution in [0.2, 0.25) is 0 Å². The normalized spacial score (nSPS) is 11.0. The minimum absolute atomic E-state index is 0.0566. The molecule has 1 aromatic heterocycles. The van der Waals surface area contributed by atoms with Gasteiger partial charge in [-0.1, -0.05) is 30.9 Å². The first-order chi connectivity index (χ1) is 10.6. The Morgan fingerprint density at radius 2 is 2.09 bits per heavy atom. The predicted molar refractivity (Wildman–Crippen MR) is 88.1 cm³/mol. The minimum atomic E-state index is -0.0566. The summed E-state index contributed by atoms with van der Waals surface area (Å²) >= 11 is 0. The minimum Gasteiger partial charge on any atom is -0.490 e. The predicted octanol–water partition coefficient (Wildman–Crippen LogP) is 3.92. The molecule has 2 rings (SSSR count). The van der Waals surface area contributed by atoms with Gasteiger partial charge < -0.3 is 4.74 Å². The highest BCUT2D eigenvalue weighted by atomic mass is 16.5. The number of allylic oxidation sites excluding steroid dienone is 1. The fourth-order valence-corrected chi connectivity index (χ4v) is 1.85. The summed E-state index contributed by atoms with van der Waals surface area (Å²) in [6, 6.07) is 7.78. The van der Waals surface area contributed by atoms with Crippen LogP contribution >= 0.6 is 0 Å². The average molecular weight is 296 g/mol. The van der Waals surface area contributed by atoms with Gasteiger partial charge in [-0.3, -0.25) is 9.48 Å². The number of aromatic nitrogens is 2. The molecule has 0 amide bonds.